The number of nitrogens with one attached hydrogen (secondary N) is 1. The van der Waals surface area contributed by atoms with Crippen molar-refractivity contribution < 1.29 is 24.9 Å². The Balaban J connectivity index is 1.77. The molecule has 0 heterocycles. The summed E-state index contributed by atoms with van der Waals surface area (Å²) in [6.45, 7) is 2.24. The van der Waals surface area contributed by atoms with Crippen LogP contribution in [-0.2, 0) is 11.2 Å². The van der Waals surface area contributed by atoms with Gasteiger partial charge in [0.25, 0.3) is 0 Å². The molecule has 0 unspecified atom stereocenters. The number of carbonyl (C=O) groups is 1. The summed E-state index contributed by atoms with van der Waals surface area (Å²) < 4.78 is 5.09. The Morgan fingerprint density at radius 1 is 1.12 bits per heavy atom. The predicted octanol–water partition coefficient (Wildman–Crippen LogP) is 2.11. The first-order valence-electron chi connectivity index (χ1n) is 8.09. The Morgan fingerprint density at radius 3 is 2.36 bits per heavy atom. The van der Waals surface area contributed by atoms with Gasteiger partial charge in [0.1, 0.15) is 11.5 Å². The van der Waals surface area contributed by atoms with Crippen molar-refractivity contribution in [2.24, 2.45) is 0 Å². The minimum atomic E-state index is -1.01. The highest BCUT2D eigenvalue weighted by Gasteiger charge is 2.15. The van der Waals surface area contributed by atoms with Crippen LogP contribution in [0.4, 0.5) is 0 Å². The second-order valence-corrected chi connectivity index (χ2v) is 5.86. The van der Waals surface area contributed by atoms with Crippen molar-refractivity contribution >= 4 is 5.97 Å². The summed E-state index contributed by atoms with van der Waals surface area (Å²) in [6.07, 6.45) is 0.110. The lowest BCUT2D eigenvalue weighted by Crippen LogP contribution is -2.33. The smallest absolute Gasteiger partial charge is 0.341 e. The molecule has 0 saturated heterocycles. The molecule has 6 heteroatoms. The Morgan fingerprint density at radius 2 is 1.76 bits per heavy atom. The lowest BCUT2D eigenvalue weighted by atomic mass is 10.0. The Hall–Kier alpha value is -2.57. The first-order chi connectivity index (χ1) is 12.0. The lowest BCUT2D eigenvalue weighted by molar-refractivity contribution is -0.139. The molecule has 2 aromatic rings. The zero-order chi connectivity index (χ0) is 18.2. The summed E-state index contributed by atoms with van der Waals surface area (Å²) in [4.78, 5) is 10.5. The van der Waals surface area contributed by atoms with Gasteiger partial charge in [-0.25, -0.2) is 4.79 Å². The minimum Gasteiger partial charge on any atom is -0.508 e. The molecule has 0 aliphatic rings. The van der Waals surface area contributed by atoms with Crippen LogP contribution >= 0.6 is 0 Å². The maximum atomic E-state index is 10.5. The van der Waals surface area contributed by atoms with Gasteiger partial charge in [-0.15, -0.1) is 0 Å². The molecule has 0 radical (unpaired) electrons. The monoisotopic (exact) mass is 345 g/mol. The number of ether oxygens (including phenoxy) is 1. The fraction of sp³-hybridized carbons (Fsp3) is 0.316. The van der Waals surface area contributed by atoms with Crippen molar-refractivity contribution in [1.82, 2.24) is 5.32 Å². The summed E-state index contributed by atoms with van der Waals surface area (Å²) in [7, 11) is 0. The number of carboxylic acid groups (broad SMARTS) is 1. The standard InChI is InChI=1S/C19H23NO5/c1-13(19(24)15-4-6-16(21)7-5-15)20-11-10-14-2-8-17(9-3-14)25-12-18(22)23/h2-9,13,19-21,24H,10-12H2,1H3,(H,22,23)/t13-,19-/m0/s1. The van der Waals surface area contributed by atoms with Crippen LogP contribution < -0.4 is 10.1 Å². The molecule has 2 atom stereocenters. The van der Waals surface area contributed by atoms with E-state index in [2.05, 4.69) is 5.32 Å². The van der Waals surface area contributed by atoms with Crippen LogP contribution in [0.15, 0.2) is 48.5 Å². The predicted molar refractivity (Wildman–Crippen MR) is 93.8 cm³/mol. The second-order valence-electron chi connectivity index (χ2n) is 5.86. The van der Waals surface area contributed by atoms with E-state index >= 15 is 0 Å². The Kier molecular flexibility index (Phi) is 6.80. The number of hydrogen-bond acceptors (Lipinski definition) is 5. The number of aliphatic hydroxyl groups is 1. The number of aromatic hydroxyl groups is 1. The third-order valence-electron chi connectivity index (χ3n) is 3.87. The quantitative estimate of drug-likeness (QED) is 0.556. The molecule has 0 aromatic heterocycles. The van der Waals surface area contributed by atoms with E-state index in [-0.39, 0.29) is 18.4 Å². The summed E-state index contributed by atoms with van der Waals surface area (Å²) in [5, 5.41) is 31.4. The van der Waals surface area contributed by atoms with Gasteiger partial charge in [0.15, 0.2) is 6.61 Å². The molecule has 0 aliphatic carbocycles. The zero-order valence-electron chi connectivity index (χ0n) is 14.1. The van der Waals surface area contributed by atoms with Crippen LogP contribution in [-0.4, -0.2) is 40.5 Å². The van der Waals surface area contributed by atoms with E-state index in [9.17, 15) is 15.0 Å². The molecule has 0 saturated carbocycles. The van der Waals surface area contributed by atoms with Gasteiger partial charge in [-0.05, 0) is 55.3 Å². The molecule has 2 rings (SSSR count). The van der Waals surface area contributed by atoms with Gasteiger partial charge >= 0.3 is 5.97 Å². The zero-order valence-corrected chi connectivity index (χ0v) is 14.1. The van der Waals surface area contributed by atoms with E-state index in [0.29, 0.717) is 12.3 Å². The molecule has 6 nitrogen and oxygen atoms in total. The van der Waals surface area contributed by atoms with Crippen molar-refractivity contribution in [2.75, 3.05) is 13.2 Å². The fourth-order valence-corrected chi connectivity index (χ4v) is 2.41. The number of phenols is 1. The van der Waals surface area contributed by atoms with Gasteiger partial charge in [0.05, 0.1) is 6.10 Å². The molecule has 0 bridgehead atoms. The van der Waals surface area contributed by atoms with Crippen LogP contribution in [0.3, 0.4) is 0 Å². The Labute approximate surface area is 146 Å². The highest BCUT2D eigenvalue weighted by Crippen LogP contribution is 2.19. The number of aliphatic hydroxyl groups excluding tert-OH is 1. The number of hydrogen-bond donors (Lipinski definition) is 4. The molecular formula is C19H23NO5. The van der Waals surface area contributed by atoms with Gasteiger partial charge in [0, 0.05) is 6.04 Å². The number of carboxylic acids is 1. The topological polar surface area (TPSA) is 99.0 Å². The SMILES string of the molecule is C[C@H](NCCc1ccc(OCC(=O)O)cc1)[C@H](O)c1ccc(O)cc1. The molecular weight excluding hydrogens is 322 g/mol. The molecule has 0 fully saturated rings. The molecule has 0 amide bonds. The van der Waals surface area contributed by atoms with E-state index in [1.807, 2.05) is 19.1 Å². The van der Waals surface area contributed by atoms with Crippen LogP contribution in [0.2, 0.25) is 0 Å². The van der Waals surface area contributed by atoms with Gasteiger partial charge in [-0.2, -0.15) is 0 Å². The third-order valence-corrected chi connectivity index (χ3v) is 3.87. The van der Waals surface area contributed by atoms with Crippen molar-refractivity contribution in [3.8, 4) is 11.5 Å². The number of aliphatic carboxylic acids is 1. The first-order valence-corrected chi connectivity index (χ1v) is 8.09. The van der Waals surface area contributed by atoms with Crippen molar-refractivity contribution in [3.05, 3.63) is 59.7 Å². The van der Waals surface area contributed by atoms with E-state index in [4.69, 9.17) is 9.84 Å². The van der Waals surface area contributed by atoms with Crippen molar-refractivity contribution in [2.45, 2.75) is 25.5 Å². The van der Waals surface area contributed by atoms with Gasteiger partial charge in [-0.1, -0.05) is 24.3 Å². The summed E-state index contributed by atoms with van der Waals surface area (Å²) in [6, 6.07) is 13.6. The van der Waals surface area contributed by atoms with Crippen molar-refractivity contribution in [3.63, 3.8) is 0 Å². The van der Waals surface area contributed by atoms with Gasteiger partial charge in [0.2, 0.25) is 0 Å². The molecule has 0 spiro atoms. The maximum absolute atomic E-state index is 10.5. The minimum absolute atomic E-state index is 0.136. The maximum Gasteiger partial charge on any atom is 0.341 e. The molecule has 2 aromatic carbocycles. The molecule has 134 valence electrons. The molecule has 4 N–H and O–H groups in total. The normalized spacial score (nSPS) is 13.2. The lowest BCUT2D eigenvalue weighted by Gasteiger charge is -2.20. The number of benzene rings is 2. The fourth-order valence-electron chi connectivity index (χ4n) is 2.41. The summed E-state index contributed by atoms with van der Waals surface area (Å²) in [5.41, 5.74) is 1.83. The molecule has 0 aliphatic heterocycles. The largest absolute Gasteiger partial charge is 0.508 e. The summed E-state index contributed by atoms with van der Waals surface area (Å²) >= 11 is 0. The molecule has 25 heavy (non-hydrogen) atoms. The number of phenolic OH excluding ortho intramolecular Hbond substituents is 1. The highest BCUT2D eigenvalue weighted by molar-refractivity contribution is 5.68. The van der Waals surface area contributed by atoms with Gasteiger partial charge < -0.3 is 25.4 Å². The summed E-state index contributed by atoms with van der Waals surface area (Å²) in [5.74, 6) is -0.308. The van der Waals surface area contributed by atoms with Gasteiger partial charge in [-0.3, -0.25) is 0 Å². The van der Waals surface area contributed by atoms with Crippen molar-refractivity contribution in [1.29, 1.82) is 0 Å². The number of rotatable bonds is 9. The van der Waals surface area contributed by atoms with Crippen LogP contribution in [0.25, 0.3) is 0 Å². The average Bonchev–Trinajstić information content (AvgIpc) is 2.61. The van der Waals surface area contributed by atoms with Crippen LogP contribution in [0.5, 0.6) is 11.5 Å². The average molecular weight is 345 g/mol. The van der Waals surface area contributed by atoms with Crippen LogP contribution in [0, 0.1) is 0 Å². The van der Waals surface area contributed by atoms with E-state index in [0.717, 1.165) is 17.5 Å². The highest BCUT2D eigenvalue weighted by atomic mass is 16.5. The second kappa shape index (κ2) is 9.05. The third kappa shape index (κ3) is 6.10. The van der Waals surface area contributed by atoms with E-state index in [1.165, 1.54) is 0 Å². The van der Waals surface area contributed by atoms with E-state index in [1.54, 1.807) is 36.4 Å². The van der Waals surface area contributed by atoms with Crippen LogP contribution in [0.1, 0.15) is 24.2 Å². The van der Waals surface area contributed by atoms with E-state index < -0.39 is 12.1 Å². The Bertz CT molecular complexity index is 669. The first kappa shape index (κ1) is 18.8.